The lowest BCUT2D eigenvalue weighted by molar-refractivity contribution is -0.151. The first kappa shape index (κ1) is 19.7. The Hall–Kier alpha value is -3.03. The van der Waals surface area contributed by atoms with Gasteiger partial charge in [0.1, 0.15) is 0 Å². The number of aromatic nitrogens is 4. The molecule has 0 unspecified atom stereocenters. The van der Waals surface area contributed by atoms with Gasteiger partial charge in [-0.2, -0.15) is 4.68 Å². The highest BCUT2D eigenvalue weighted by atomic mass is 16.5. The zero-order valence-electron chi connectivity index (χ0n) is 16.4. The highest BCUT2D eigenvalue weighted by Crippen LogP contribution is 2.22. The Bertz CT molecular complexity index is 852. The van der Waals surface area contributed by atoms with E-state index in [4.69, 9.17) is 4.74 Å². The number of piperidine rings is 1. The number of tetrazole rings is 1. The Kier molecular flexibility index (Phi) is 6.18. The van der Waals surface area contributed by atoms with Gasteiger partial charge in [0.15, 0.2) is 18.1 Å². The van der Waals surface area contributed by atoms with Gasteiger partial charge in [-0.1, -0.05) is 30.3 Å². The fourth-order valence-corrected chi connectivity index (χ4v) is 3.56. The Morgan fingerprint density at radius 3 is 2.46 bits per heavy atom. The number of ether oxygens (including phenoxy) is 1. The summed E-state index contributed by atoms with van der Waals surface area (Å²) in [5.41, 5.74) is 0.954. The van der Waals surface area contributed by atoms with E-state index in [2.05, 4.69) is 15.5 Å². The minimum atomic E-state index is -0.648. The van der Waals surface area contributed by atoms with Crippen LogP contribution in [-0.2, 0) is 14.3 Å². The van der Waals surface area contributed by atoms with Gasteiger partial charge in [0, 0.05) is 12.1 Å². The predicted octanol–water partition coefficient (Wildman–Crippen LogP) is 2.31. The molecule has 1 saturated heterocycles. The van der Waals surface area contributed by atoms with E-state index in [1.807, 2.05) is 49.1 Å². The largest absolute Gasteiger partial charge is 0.451 e. The number of aryl methyl sites for hydroxylation is 1. The lowest BCUT2D eigenvalue weighted by Gasteiger charge is -2.38. The third-order valence-electron chi connectivity index (χ3n) is 4.97. The van der Waals surface area contributed by atoms with Crippen LogP contribution in [-0.4, -0.2) is 55.7 Å². The highest BCUT2D eigenvalue weighted by Gasteiger charge is 2.30. The first-order valence-corrected chi connectivity index (χ1v) is 9.47. The summed E-state index contributed by atoms with van der Waals surface area (Å²) >= 11 is 0. The highest BCUT2D eigenvalue weighted by molar-refractivity contribution is 6.15. The Morgan fingerprint density at radius 2 is 1.86 bits per heavy atom. The van der Waals surface area contributed by atoms with E-state index >= 15 is 0 Å². The molecule has 0 saturated carbocycles. The van der Waals surface area contributed by atoms with Crippen LogP contribution in [0.25, 0.3) is 11.8 Å². The summed E-state index contributed by atoms with van der Waals surface area (Å²) in [6, 6.07) is 9.63. The van der Waals surface area contributed by atoms with Crippen LogP contribution in [0, 0.1) is 6.92 Å². The molecule has 0 radical (unpaired) electrons. The quantitative estimate of drug-likeness (QED) is 0.581. The number of carbonyl (C=O) groups excluding carboxylic acids is 2. The van der Waals surface area contributed by atoms with Crippen molar-refractivity contribution in [2.75, 3.05) is 6.61 Å². The topological polar surface area (TPSA) is 90.2 Å². The lowest BCUT2D eigenvalue weighted by atomic mass is 9.97. The molecule has 148 valence electrons. The Morgan fingerprint density at radius 1 is 1.18 bits per heavy atom. The van der Waals surface area contributed by atoms with Gasteiger partial charge in [0.2, 0.25) is 0 Å². The van der Waals surface area contributed by atoms with Crippen molar-refractivity contribution in [3.8, 4) is 0 Å². The number of hydrogen-bond acceptors (Lipinski definition) is 6. The number of hydrogen-bond donors (Lipinski definition) is 0. The number of likely N-dealkylation sites (tertiary alicyclic amines) is 1. The van der Waals surface area contributed by atoms with Gasteiger partial charge >= 0.3 is 5.97 Å². The van der Waals surface area contributed by atoms with Gasteiger partial charge in [0.05, 0.1) is 0 Å². The summed E-state index contributed by atoms with van der Waals surface area (Å²) in [5.74, 6) is -0.380. The van der Waals surface area contributed by atoms with Crippen LogP contribution in [0.4, 0.5) is 0 Å². The average Bonchev–Trinajstić information content (AvgIpc) is 3.10. The molecular formula is C20H25N5O3. The third kappa shape index (κ3) is 4.44. The molecule has 8 heteroatoms. The van der Waals surface area contributed by atoms with Crippen LogP contribution in [0.5, 0.6) is 0 Å². The lowest BCUT2D eigenvalue weighted by Crippen LogP contribution is -2.49. The van der Waals surface area contributed by atoms with Crippen molar-refractivity contribution in [3.05, 3.63) is 41.7 Å². The summed E-state index contributed by atoms with van der Waals surface area (Å²) in [6.45, 7) is 5.44. The molecule has 1 aliphatic rings. The monoisotopic (exact) mass is 383 g/mol. The first-order valence-electron chi connectivity index (χ1n) is 9.47. The number of carbonyl (C=O) groups is 2. The number of rotatable bonds is 5. The second kappa shape index (κ2) is 8.77. The number of amides is 1. The minimum absolute atomic E-state index is 0.149. The number of esters is 1. The average molecular weight is 383 g/mol. The molecule has 0 bridgehead atoms. The van der Waals surface area contributed by atoms with E-state index in [1.165, 1.54) is 4.68 Å². The fraction of sp³-hybridized carbons (Fsp3) is 0.450. The zero-order valence-corrected chi connectivity index (χ0v) is 16.4. The van der Waals surface area contributed by atoms with Crippen molar-refractivity contribution in [2.24, 2.45) is 0 Å². The molecule has 0 N–H and O–H groups in total. The molecule has 8 nitrogen and oxygen atoms in total. The maximum absolute atomic E-state index is 12.8. The van der Waals surface area contributed by atoms with Crippen LogP contribution in [0.2, 0.25) is 0 Å². The van der Waals surface area contributed by atoms with Crippen LogP contribution in [0.15, 0.2) is 30.3 Å². The summed E-state index contributed by atoms with van der Waals surface area (Å²) in [7, 11) is 0. The van der Waals surface area contributed by atoms with Crippen LogP contribution in [0.1, 0.15) is 44.5 Å². The maximum Gasteiger partial charge on any atom is 0.357 e. The summed E-state index contributed by atoms with van der Waals surface area (Å²) in [5, 5.41) is 11.3. The van der Waals surface area contributed by atoms with Gasteiger partial charge in [-0.15, -0.1) is 5.10 Å². The Balaban J connectivity index is 1.76. The molecule has 1 aromatic carbocycles. The van der Waals surface area contributed by atoms with E-state index in [9.17, 15) is 9.59 Å². The zero-order chi connectivity index (χ0) is 20.1. The Labute approximate surface area is 164 Å². The van der Waals surface area contributed by atoms with E-state index in [0.29, 0.717) is 5.82 Å². The van der Waals surface area contributed by atoms with Crippen molar-refractivity contribution in [3.63, 3.8) is 0 Å². The molecule has 2 atom stereocenters. The van der Waals surface area contributed by atoms with Gasteiger partial charge in [-0.25, -0.2) is 4.79 Å². The standard InChI is InChI=1S/C20H25N5O3/c1-14-8-7-9-15(2)24(14)19(26)13-28-20(27)18(25-16(3)21-22-23-25)12-17-10-5-4-6-11-17/h4-6,10-12,14-15H,7-9,13H2,1-3H3/b18-12-/t14-,15-/m0/s1. The van der Waals surface area contributed by atoms with E-state index in [1.54, 1.807) is 13.0 Å². The smallest absolute Gasteiger partial charge is 0.357 e. The maximum atomic E-state index is 12.8. The summed E-state index contributed by atoms with van der Waals surface area (Å²) < 4.78 is 6.66. The number of nitrogens with zero attached hydrogens (tertiary/aromatic N) is 5. The third-order valence-corrected chi connectivity index (χ3v) is 4.97. The summed E-state index contributed by atoms with van der Waals surface area (Å²) in [6.07, 6.45) is 4.68. The van der Waals surface area contributed by atoms with Crippen molar-refractivity contribution >= 4 is 23.6 Å². The molecule has 0 spiro atoms. The van der Waals surface area contributed by atoms with Gasteiger partial charge in [-0.05, 0) is 62.1 Å². The SMILES string of the molecule is Cc1nnnn1/C(=C\c1ccccc1)C(=O)OCC(=O)N1[C@@H](C)CCC[C@@H]1C. The molecule has 1 aromatic heterocycles. The molecule has 1 amide bonds. The molecular weight excluding hydrogens is 358 g/mol. The number of benzene rings is 1. The molecule has 1 aliphatic heterocycles. The van der Waals surface area contributed by atoms with E-state index in [-0.39, 0.29) is 30.3 Å². The fourth-order valence-electron chi connectivity index (χ4n) is 3.56. The molecule has 28 heavy (non-hydrogen) atoms. The molecule has 3 rings (SSSR count). The van der Waals surface area contributed by atoms with Gasteiger partial charge in [-0.3, -0.25) is 4.79 Å². The van der Waals surface area contributed by atoms with Crippen LogP contribution in [0.3, 0.4) is 0 Å². The van der Waals surface area contributed by atoms with Gasteiger partial charge < -0.3 is 9.64 Å². The molecule has 2 aromatic rings. The second-order valence-electron chi connectivity index (χ2n) is 7.08. The van der Waals surface area contributed by atoms with Crippen molar-refractivity contribution in [1.82, 2.24) is 25.1 Å². The molecule has 2 heterocycles. The molecule has 0 aliphatic carbocycles. The summed E-state index contributed by atoms with van der Waals surface area (Å²) in [4.78, 5) is 27.2. The van der Waals surface area contributed by atoms with E-state index in [0.717, 1.165) is 24.8 Å². The first-order chi connectivity index (χ1) is 13.5. The van der Waals surface area contributed by atoms with E-state index < -0.39 is 5.97 Å². The van der Waals surface area contributed by atoms with Crippen molar-refractivity contribution < 1.29 is 14.3 Å². The van der Waals surface area contributed by atoms with Crippen LogP contribution < -0.4 is 0 Å². The minimum Gasteiger partial charge on any atom is -0.451 e. The van der Waals surface area contributed by atoms with Crippen molar-refractivity contribution in [2.45, 2.75) is 52.1 Å². The second-order valence-corrected chi connectivity index (χ2v) is 7.08. The van der Waals surface area contributed by atoms with Gasteiger partial charge in [0.25, 0.3) is 5.91 Å². The van der Waals surface area contributed by atoms with Crippen molar-refractivity contribution in [1.29, 1.82) is 0 Å². The normalized spacial score (nSPS) is 20.1. The van der Waals surface area contributed by atoms with Crippen LogP contribution >= 0.6 is 0 Å². The predicted molar refractivity (Wildman–Crippen MR) is 104 cm³/mol. The molecule has 1 fully saturated rings.